The lowest BCUT2D eigenvalue weighted by atomic mass is 10.1. The van der Waals surface area contributed by atoms with E-state index in [0.29, 0.717) is 11.7 Å². The van der Waals surface area contributed by atoms with Crippen LogP contribution < -0.4 is 0 Å². The molecule has 56 valence electrons. The molecule has 0 aromatic rings. The molecule has 0 N–H and O–H groups in total. The van der Waals surface area contributed by atoms with E-state index in [1.54, 1.807) is 6.92 Å². The first kappa shape index (κ1) is 7.52. The summed E-state index contributed by atoms with van der Waals surface area (Å²) >= 11 is 0. The van der Waals surface area contributed by atoms with Gasteiger partial charge in [-0.15, -0.1) is 6.58 Å². The van der Waals surface area contributed by atoms with Crippen molar-refractivity contribution in [3.63, 3.8) is 0 Å². The van der Waals surface area contributed by atoms with Gasteiger partial charge in [0.1, 0.15) is 5.78 Å². The summed E-state index contributed by atoms with van der Waals surface area (Å²) in [4.78, 5) is 10.9. The topological polar surface area (TPSA) is 17.1 Å². The predicted molar refractivity (Wildman–Crippen MR) is 41.6 cm³/mol. The van der Waals surface area contributed by atoms with Gasteiger partial charge in [0.05, 0.1) is 0 Å². The molecule has 0 aromatic heterocycles. The molecular formula is C9H14O. The van der Waals surface area contributed by atoms with E-state index < -0.39 is 0 Å². The quantitative estimate of drug-likeness (QED) is 0.534. The fourth-order valence-electron chi connectivity index (χ4n) is 1.89. The van der Waals surface area contributed by atoms with Gasteiger partial charge in [0.25, 0.3) is 0 Å². The van der Waals surface area contributed by atoms with Gasteiger partial charge in [-0.1, -0.05) is 19.9 Å². The number of ketones is 1. The Morgan fingerprint density at radius 2 is 2.10 bits per heavy atom. The zero-order valence-electron chi connectivity index (χ0n) is 6.85. The molecule has 10 heavy (non-hydrogen) atoms. The monoisotopic (exact) mass is 138 g/mol. The van der Waals surface area contributed by atoms with Crippen molar-refractivity contribution in [2.24, 2.45) is 17.3 Å². The molecule has 0 aromatic carbocycles. The summed E-state index contributed by atoms with van der Waals surface area (Å²) < 4.78 is 0. The van der Waals surface area contributed by atoms with Crippen LogP contribution in [0.25, 0.3) is 0 Å². The van der Waals surface area contributed by atoms with Gasteiger partial charge >= 0.3 is 0 Å². The molecule has 1 aliphatic carbocycles. The third-order valence-corrected chi connectivity index (χ3v) is 2.60. The van der Waals surface area contributed by atoms with Crippen molar-refractivity contribution < 1.29 is 4.79 Å². The van der Waals surface area contributed by atoms with E-state index >= 15 is 0 Å². The highest BCUT2D eigenvalue weighted by Crippen LogP contribution is 2.58. The van der Waals surface area contributed by atoms with Crippen LogP contribution in [0.2, 0.25) is 0 Å². The summed E-state index contributed by atoms with van der Waals surface area (Å²) in [5, 5.41) is 0. The molecule has 1 rings (SSSR count). The van der Waals surface area contributed by atoms with Gasteiger partial charge < -0.3 is 0 Å². The van der Waals surface area contributed by atoms with Crippen molar-refractivity contribution in [1.29, 1.82) is 0 Å². The van der Waals surface area contributed by atoms with Gasteiger partial charge in [0.2, 0.25) is 0 Å². The molecule has 2 atom stereocenters. The Morgan fingerprint density at radius 3 is 2.20 bits per heavy atom. The minimum absolute atomic E-state index is 0.188. The van der Waals surface area contributed by atoms with Gasteiger partial charge in [0, 0.05) is 5.92 Å². The molecular weight excluding hydrogens is 124 g/mol. The SMILES string of the molecule is C=CC1C(C(C)=O)C1(C)C. The third kappa shape index (κ3) is 0.808. The van der Waals surface area contributed by atoms with Crippen molar-refractivity contribution in [3.05, 3.63) is 12.7 Å². The largest absolute Gasteiger partial charge is 0.300 e. The molecule has 0 spiro atoms. The molecule has 0 bridgehead atoms. The average molecular weight is 138 g/mol. The van der Waals surface area contributed by atoms with Gasteiger partial charge in [-0.25, -0.2) is 0 Å². The van der Waals surface area contributed by atoms with E-state index in [-0.39, 0.29) is 11.3 Å². The van der Waals surface area contributed by atoms with E-state index in [1.165, 1.54) is 0 Å². The number of Topliss-reactive ketones (excluding diaryl/α,β-unsaturated/α-hetero) is 1. The number of carbonyl (C=O) groups excluding carboxylic acids is 1. The van der Waals surface area contributed by atoms with Crippen LogP contribution in [0.4, 0.5) is 0 Å². The number of hydrogen-bond acceptors (Lipinski definition) is 1. The first-order valence-electron chi connectivity index (χ1n) is 3.65. The summed E-state index contributed by atoms with van der Waals surface area (Å²) in [5.41, 5.74) is 0.188. The Labute approximate surface area is 62.1 Å². The maximum absolute atomic E-state index is 10.9. The Balaban J connectivity index is 2.70. The standard InChI is InChI=1S/C9H14O/c1-5-7-8(6(2)10)9(7,3)4/h5,7-8H,1H2,2-4H3. The molecule has 1 nitrogen and oxygen atoms in total. The molecule has 0 aliphatic heterocycles. The van der Waals surface area contributed by atoms with Gasteiger partial charge in [-0.3, -0.25) is 4.79 Å². The third-order valence-electron chi connectivity index (χ3n) is 2.60. The highest BCUT2D eigenvalue weighted by Gasteiger charge is 2.58. The summed E-state index contributed by atoms with van der Waals surface area (Å²) in [6, 6.07) is 0. The molecule has 1 saturated carbocycles. The summed E-state index contributed by atoms with van der Waals surface area (Å²) in [6.07, 6.45) is 1.89. The van der Waals surface area contributed by atoms with Crippen molar-refractivity contribution in [1.82, 2.24) is 0 Å². The van der Waals surface area contributed by atoms with Crippen molar-refractivity contribution in [3.8, 4) is 0 Å². The highest BCUT2D eigenvalue weighted by molar-refractivity contribution is 5.83. The van der Waals surface area contributed by atoms with Gasteiger partial charge in [0.15, 0.2) is 0 Å². The number of allylic oxidation sites excluding steroid dienone is 1. The second-order valence-electron chi connectivity index (χ2n) is 3.67. The second-order valence-corrected chi connectivity index (χ2v) is 3.67. The molecule has 1 heteroatoms. The number of hydrogen-bond donors (Lipinski definition) is 0. The van der Waals surface area contributed by atoms with Crippen LogP contribution in [0.5, 0.6) is 0 Å². The summed E-state index contributed by atoms with van der Waals surface area (Å²) in [5.74, 6) is 0.963. The molecule has 1 aliphatic rings. The van der Waals surface area contributed by atoms with Crippen LogP contribution >= 0.6 is 0 Å². The van der Waals surface area contributed by atoms with Crippen LogP contribution in [0.1, 0.15) is 20.8 Å². The second kappa shape index (κ2) is 1.94. The van der Waals surface area contributed by atoms with Crippen molar-refractivity contribution in [2.45, 2.75) is 20.8 Å². The van der Waals surface area contributed by atoms with E-state index in [2.05, 4.69) is 20.4 Å². The smallest absolute Gasteiger partial charge is 0.134 e. The Kier molecular flexibility index (Phi) is 1.46. The van der Waals surface area contributed by atoms with E-state index in [1.807, 2.05) is 6.08 Å². The van der Waals surface area contributed by atoms with E-state index in [9.17, 15) is 4.79 Å². The Hall–Kier alpha value is -0.590. The maximum Gasteiger partial charge on any atom is 0.134 e. The minimum Gasteiger partial charge on any atom is -0.300 e. The highest BCUT2D eigenvalue weighted by atomic mass is 16.1. The van der Waals surface area contributed by atoms with Gasteiger partial charge in [-0.2, -0.15) is 0 Å². The van der Waals surface area contributed by atoms with Crippen molar-refractivity contribution >= 4 is 5.78 Å². The normalized spacial score (nSPS) is 35.1. The van der Waals surface area contributed by atoms with Crippen LogP contribution in [-0.4, -0.2) is 5.78 Å². The number of carbonyl (C=O) groups is 1. The molecule has 0 heterocycles. The van der Waals surface area contributed by atoms with Crippen LogP contribution in [-0.2, 0) is 4.79 Å². The first-order chi connectivity index (χ1) is 4.51. The molecule has 0 amide bonds. The number of rotatable bonds is 2. The van der Waals surface area contributed by atoms with Gasteiger partial charge in [-0.05, 0) is 18.3 Å². The summed E-state index contributed by atoms with van der Waals surface area (Å²) in [6.45, 7) is 9.59. The lowest BCUT2D eigenvalue weighted by Gasteiger charge is -1.96. The average Bonchev–Trinajstić information content (AvgIpc) is 2.33. The lowest BCUT2D eigenvalue weighted by Crippen LogP contribution is -1.99. The first-order valence-corrected chi connectivity index (χ1v) is 3.65. The van der Waals surface area contributed by atoms with E-state index in [4.69, 9.17) is 0 Å². The molecule has 2 unspecified atom stereocenters. The molecule has 1 fully saturated rings. The van der Waals surface area contributed by atoms with E-state index in [0.717, 1.165) is 0 Å². The maximum atomic E-state index is 10.9. The zero-order valence-corrected chi connectivity index (χ0v) is 6.85. The zero-order chi connectivity index (χ0) is 7.94. The lowest BCUT2D eigenvalue weighted by molar-refractivity contribution is -0.118. The van der Waals surface area contributed by atoms with Crippen molar-refractivity contribution in [2.75, 3.05) is 0 Å². The summed E-state index contributed by atoms with van der Waals surface area (Å²) in [7, 11) is 0. The fourth-order valence-corrected chi connectivity index (χ4v) is 1.89. The van der Waals surface area contributed by atoms with Crippen LogP contribution in [0, 0.1) is 17.3 Å². The predicted octanol–water partition coefficient (Wildman–Crippen LogP) is 2.03. The minimum atomic E-state index is 0.188. The van der Waals surface area contributed by atoms with Crippen LogP contribution in [0.3, 0.4) is 0 Å². The molecule has 0 radical (unpaired) electrons. The molecule has 0 saturated heterocycles. The van der Waals surface area contributed by atoms with Crippen LogP contribution in [0.15, 0.2) is 12.7 Å². The Bertz CT molecular complexity index is 179. The Morgan fingerprint density at radius 1 is 1.60 bits per heavy atom. The fraction of sp³-hybridized carbons (Fsp3) is 0.667.